The van der Waals surface area contributed by atoms with Crippen molar-refractivity contribution in [2.75, 3.05) is 13.2 Å². The molecule has 1 saturated heterocycles. The van der Waals surface area contributed by atoms with Gasteiger partial charge in [0.05, 0.1) is 4.92 Å². The van der Waals surface area contributed by atoms with E-state index in [9.17, 15) is 10.1 Å². The number of halogens is 1. The van der Waals surface area contributed by atoms with Crippen LogP contribution in [0.2, 0.25) is 5.02 Å². The van der Waals surface area contributed by atoms with Crippen LogP contribution in [0.5, 0.6) is 0 Å². The number of hydrogen-bond donors (Lipinski definition) is 1. The average molecular weight is 299 g/mol. The number of nitro groups is 1. The van der Waals surface area contributed by atoms with Crippen LogP contribution in [-0.2, 0) is 6.54 Å². The van der Waals surface area contributed by atoms with E-state index in [2.05, 4.69) is 4.90 Å². The predicted octanol–water partition coefficient (Wildman–Crippen LogP) is 2.99. The minimum absolute atomic E-state index is 0.127. The molecule has 0 aromatic heterocycles. The van der Waals surface area contributed by atoms with Crippen molar-refractivity contribution < 1.29 is 10.0 Å². The molecule has 6 heteroatoms. The first-order valence-electron chi connectivity index (χ1n) is 6.89. The Labute approximate surface area is 123 Å². The van der Waals surface area contributed by atoms with Gasteiger partial charge in [-0.2, -0.15) is 0 Å². The lowest BCUT2D eigenvalue weighted by atomic mass is 10.1. The topological polar surface area (TPSA) is 66.6 Å². The van der Waals surface area contributed by atoms with Gasteiger partial charge in [0.1, 0.15) is 0 Å². The molecule has 1 N–H and O–H groups in total. The number of aliphatic hydroxyl groups is 1. The number of rotatable bonds is 6. The molecule has 1 aliphatic heterocycles. The Balaban J connectivity index is 2.12. The van der Waals surface area contributed by atoms with Crippen molar-refractivity contribution in [1.29, 1.82) is 0 Å². The van der Waals surface area contributed by atoms with Crippen molar-refractivity contribution in [1.82, 2.24) is 4.90 Å². The second-order valence-electron chi connectivity index (χ2n) is 5.16. The Bertz CT molecular complexity index is 481. The van der Waals surface area contributed by atoms with Gasteiger partial charge in [0, 0.05) is 35.8 Å². The summed E-state index contributed by atoms with van der Waals surface area (Å²) in [5, 5.41) is 20.5. The normalized spacial score (nSPS) is 19.4. The maximum absolute atomic E-state index is 11.1. The predicted molar refractivity (Wildman–Crippen MR) is 77.9 cm³/mol. The Hall–Kier alpha value is -1.17. The highest BCUT2D eigenvalue weighted by atomic mass is 35.5. The lowest BCUT2D eigenvalue weighted by Gasteiger charge is -2.24. The van der Waals surface area contributed by atoms with Crippen LogP contribution in [0.3, 0.4) is 0 Å². The summed E-state index contributed by atoms with van der Waals surface area (Å²) in [7, 11) is 0. The van der Waals surface area contributed by atoms with E-state index in [-0.39, 0.29) is 17.2 Å². The Kier molecular flexibility index (Phi) is 5.34. The zero-order chi connectivity index (χ0) is 14.5. The molecule has 1 heterocycles. The summed E-state index contributed by atoms with van der Waals surface area (Å²) in [5.41, 5.74) is 0.792. The molecule has 5 nitrogen and oxygen atoms in total. The van der Waals surface area contributed by atoms with Crippen LogP contribution in [0.4, 0.5) is 5.69 Å². The highest BCUT2D eigenvalue weighted by Gasteiger charge is 2.26. The van der Waals surface area contributed by atoms with Crippen LogP contribution >= 0.6 is 11.6 Å². The Morgan fingerprint density at radius 2 is 2.30 bits per heavy atom. The molecule has 0 saturated carbocycles. The van der Waals surface area contributed by atoms with Crippen molar-refractivity contribution >= 4 is 17.3 Å². The summed E-state index contributed by atoms with van der Waals surface area (Å²) in [6.45, 7) is 1.69. The molecule has 0 spiro atoms. The van der Waals surface area contributed by atoms with E-state index < -0.39 is 0 Å². The van der Waals surface area contributed by atoms with Gasteiger partial charge >= 0.3 is 0 Å². The van der Waals surface area contributed by atoms with Gasteiger partial charge < -0.3 is 5.11 Å². The van der Waals surface area contributed by atoms with Crippen molar-refractivity contribution in [3.63, 3.8) is 0 Å². The molecule has 1 atom stereocenters. The van der Waals surface area contributed by atoms with Crippen LogP contribution in [-0.4, -0.2) is 34.1 Å². The molecule has 1 aromatic carbocycles. The molecular formula is C14H19ClN2O3. The molecule has 0 radical (unpaired) electrons. The molecule has 0 bridgehead atoms. The van der Waals surface area contributed by atoms with Crippen molar-refractivity contribution in [3.8, 4) is 0 Å². The van der Waals surface area contributed by atoms with Gasteiger partial charge in [-0.15, -0.1) is 0 Å². The van der Waals surface area contributed by atoms with Crippen LogP contribution in [0.15, 0.2) is 18.2 Å². The molecule has 2 rings (SSSR count). The van der Waals surface area contributed by atoms with E-state index >= 15 is 0 Å². The molecule has 1 fully saturated rings. The minimum Gasteiger partial charge on any atom is -0.396 e. The maximum atomic E-state index is 11.1. The largest absolute Gasteiger partial charge is 0.396 e. The lowest BCUT2D eigenvalue weighted by molar-refractivity contribution is -0.385. The monoisotopic (exact) mass is 298 g/mol. The minimum atomic E-state index is -0.357. The third-order valence-corrected chi connectivity index (χ3v) is 4.04. The summed E-state index contributed by atoms with van der Waals surface area (Å²) in [6, 6.07) is 5.11. The summed E-state index contributed by atoms with van der Waals surface area (Å²) < 4.78 is 0. The number of benzene rings is 1. The average Bonchev–Trinajstić information content (AvgIpc) is 2.83. The van der Waals surface area contributed by atoms with E-state index in [0.29, 0.717) is 23.2 Å². The molecular weight excluding hydrogens is 280 g/mol. The number of hydrogen-bond acceptors (Lipinski definition) is 4. The third-order valence-electron chi connectivity index (χ3n) is 3.81. The summed E-state index contributed by atoms with van der Waals surface area (Å²) >= 11 is 5.95. The van der Waals surface area contributed by atoms with Gasteiger partial charge in [0.25, 0.3) is 5.69 Å². The van der Waals surface area contributed by atoms with Gasteiger partial charge in [0.15, 0.2) is 0 Å². The SMILES string of the molecule is O=[N+]([O-])c1ccc(Cl)cc1CN1CCCC1CCCO. The van der Waals surface area contributed by atoms with Gasteiger partial charge in [0.2, 0.25) is 0 Å². The van der Waals surface area contributed by atoms with E-state index in [4.69, 9.17) is 16.7 Å². The second-order valence-corrected chi connectivity index (χ2v) is 5.60. The first-order chi connectivity index (χ1) is 9.61. The van der Waals surface area contributed by atoms with Gasteiger partial charge in [-0.25, -0.2) is 0 Å². The van der Waals surface area contributed by atoms with Crippen LogP contribution < -0.4 is 0 Å². The summed E-state index contributed by atoms with van der Waals surface area (Å²) in [4.78, 5) is 13.0. The fourth-order valence-electron chi connectivity index (χ4n) is 2.83. The molecule has 1 unspecified atom stereocenters. The first kappa shape index (κ1) is 15.2. The number of nitro benzene ring substituents is 1. The van der Waals surface area contributed by atoms with Gasteiger partial charge in [-0.05, 0) is 44.4 Å². The second kappa shape index (κ2) is 7.02. The molecule has 110 valence electrons. The maximum Gasteiger partial charge on any atom is 0.273 e. The van der Waals surface area contributed by atoms with Crippen molar-refractivity contribution in [3.05, 3.63) is 38.9 Å². The summed E-state index contributed by atoms with van der Waals surface area (Å²) in [6.07, 6.45) is 3.91. The molecule has 20 heavy (non-hydrogen) atoms. The molecule has 1 aliphatic rings. The summed E-state index contributed by atoms with van der Waals surface area (Å²) in [5.74, 6) is 0. The highest BCUT2D eigenvalue weighted by Crippen LogP contribution is 2.28. The standard InChI is InChI=1S/C14H19ClN2O3/c15-12-5-6-14(17(19)20)11(9-12)10-16-7-1-3-13(16)4-2-8-18/h5-6,9,13,18H,1-4,7-8,10H2. The third kappa shape index (κ3) is 3.69. The zero-order valence-corrected chi connectivity index (χ0v) is 12.1. The molecule has 0 amide bonds. The van der Waals surface area contributed by atoms with Gasteiger partial charge in [-0.3, -0.25) is 15.0 Å². The number of nitrogens with zero attached hydrogens (tertiary/aromatic N) is 2. The Morgan fingerprint density at radius 1 is 1.50 bits per heavy atom. The van der Waals surface area contributed by atoms with Crippen LogP contribution in [0, 0.1) is 10.1 Å². The molecule has 0 aliphatic carbocycles. The van der Waals surface area contributed by atoms with Crippen LogP contribution in [0.25, 0.3) is 0 Å². The highest BCUT2D eigenvalue weighted by molar-refractivity contribution is 6.30. The van der Waals surface area contributed by atoms with Crippen LogP contribution in [0.1, 0.15) is 31.2 Å². The van der Waals surface area contributed by atoms with Crippen molar-refractivity contribution in [2.24, 2.45) is 0 Å². The van der Waals surface area contributed by atoms with E-state index in [1.54, 1.807) is 12.1 Å². The number of likely N-dealkylation sites (tertiary alicyclic amines) is 1. The quantitative estimate of drug-likeness (QED) is 0.647. The Morgan fingerprint density at radius 3 is 3.00 bits per heavy atom. The van der Waals surface area contributed by atoms with E-state index in [1.807, 2.05) is 0 Å². The lowest BCUT2D eigenvalue weighted by Crippen LogP contribution is -2.29. The smallest absolute Gasteiger partial charge is 0.273 e. The molecule has 1 aromatic rings. The van der Waals surface area contributed by atoms with E-state index in [0.717, 1.165) is 32.2 Å². The fraction of sp³-hybridized carbons (Fsp3) is 0.571. The van der Waals surface area contributed by atoms with E-state index in [1.165, 1.54) is 6.07 Å². The van der Waals surface area contributed by atoms with Gasteiger partial charge in [-0.1, -0.05) is 11.6 Å². The zero-order valence-electron chi connectivity index (χ0n) is 11.3. The first-order valence-corrected chi connectivity index (χ1v) is 7.27. The number of aliphatic hydroxyl groups excluding tert-OH is 1. The van der Waals surface area contributed by atoms with Crippen molar-refractivity contribution in [2.45, 2.75) is 38.3 Å². The fourth-order valence-corrected chi connectivity index (χ4v) is 3.03.